The number of rotatable bonds is 5. The molecule has 51 heavy (non-hydrogen) atoms. The fourth-order valence-electron chi connectivity index (χ4n) is 5.25. The Morgan fingerprint density at radius 3 is 1.75 bits per heavy atom. The van der Waals surface area contributed by atoms with E-state index in [1.165, 1.54) is 48.7 Å². The van der Waals surface area contributed by atoms with Gasteiger partial charge in [-0.05, 0) is 35.0 Å². The van der Waals surface area contributed by atoms with Crippen LogP contribution in [0.3, 0.4) is 0 Å². The van der Waals surface area contributed by atoms with E-state index in [-0.39, 0.29) is 26.7 Å². The van der Waals surface area contributed by atoms with Crippen molar-refractivity contribution < 1.29 is 26.7 Å². The highest BCUT2D eigenvalue weighted by atomic mass is 35.7. The molecule has 0 unspecified atom stereocenters. The molecule has 17 heteroatoms. The van der Waals surface area contributed by atoms with Crippen LogP contribution in [-0.4, -0.2) is 46.1 Å². The number of aromatic amines is 1. The Morgan fingerprint density at radius 1 is 0.608 bits per heavy atom. The summed E-state index contributed by atoms with van der Waals surface area (Å²) in [6.45, 7) is 0. The first-order valence-corrected chi connectivity index (χ1v) is 18.4. The normalized spacial score (nSPS) is 11.5. The van der Waals surface area contributed by atoms with Gasteiger partial charge in [0.15, 0.2) is 0 Å². The van der Waals surface area contributed by atoms with Crippen molar-refractivity contribution >= 4 is 84.5 Å². The second kappa shape index (κ2) is 13.9. The van der Waals surface area contributed by atoms with Crippen molar-refractivity contribution in [2.45, 2.75) is 9.79 Å². The number of nitro groups is 2. The average Bonchev–Trinajstić information content (AvgIpc) is 3.78. The summed E-state index contributed by atoms with van der Waals surface area (Å²) >= 11 is 0. The summed E-state index contributed by atoms with van der Waals surface area (Å²) < 4.78 is 49.5. The van der Waals surface area contributed by atoms with Crippen LogP contribution in [0.15, 0.2) is 144 Å². The van der Waals surface area contributed by atoms with Gasteiger partial charge in [-0.1, -0.05) is 72.8 Å². The molecule has 0 saturated heterocycles. The fraction of sp³-hybridized carbons (Fsp3) is 0. The van der Waals surface area contributed by atoms with Crippen LogP contribution in [0, 0.1) is 20.2 Å². The number of nitrogens with one attached hydrogen (secondary N) is 1. The van der Waals surface area contributed by atoms with E-state index in [1.807, 2.05) is 36.4 Å². The summed E-state index contributed by atoms with van der Waals surface area (Å²) in [5.41, 5.74) is 0.737. The Bertz CT molecular complexity index is 2830. The molecule has 6 aromatic carbocycles. The number of aromatic nitrogens is 4. The van der Waals surface area contributed by atoms with E-state index in [9.17, 15) is 37.1 Å². The van der Waals surface area contributed by atoms with Gasteiger partial charge in [0.25, 0.3) is 30.4 Å². The summed E-state index contributed by atoms with van der Waals surface area (Å²) in [5.74, 6) is 0. The number of non-ortho nitro benzene ring substituents is 2. The molecule has 0 bridgehead atoms. The molecular weight excluding hydrogens is 720 g/mol. The molecule has 8 aromatic rings. The first kappa shape index (κ1) is 34.6. The quantitative estimate of drug-likeness (QED) is 0.104. The van der Waals surface area contributed by atoms with E-state index in [1.54, 1.807) is 48.7 Å². The van der Waals surface area contributed by atoms with Gasteiger partial charge in [0, 0.05) is 56.5 Å². The number of halogens is 1. The zero-order chi connectivity index (χ0) is 36.3. The first-order valence-electron chi connectivity index (χ1n) is 14.7. The monoisotopic (exact) mass is 742 g/mol. The Hall–Kier alpha value is -6.23. The highest BCUT2D eigenvalue weighted by molar-refractivity contribution is 8.14. The molecule has 0 spiro atoms. The highest BCUT2D eigenvalue weighted by Gasteiger charge is 2.24. The molecule has 0 aliphatic carbocycles. The summed E-state index contributed by atoms with van der Waals surface area (Å²) in [4.78, 5) is 20.6. The lowest BCUT2D eigenvalue weighted by molar-refractivity contribution is -0.384. The Morgan fingerprint density at radius 2 is 1.14 bits per heavy atom. The smallest absolute Gasteiger partial charge is 0.278 e. The van der Waals surface area contributed by atoms with Gasteiger partial charge in [-0.3, -0.25) is 25.3 Å². The van der Waals surface area contributed by atoms with Gasteiger partial charge in [0.05, 0.1) is 43.1 Å². The van der Waals surface area contributed by atoms with Crippen LogP contribution in [0.5, 0.6) is 0 Å². The lowest BCUT2D eigenvalue weighted by atomic mass is 10.1. The topological polar surface area (TPSA) is 201 Å². The maximum absolute atomic E-state index is 13.1. The number of nitrogens with zero attached hydrogens (tertiary/aromatic N) is 5. The SMILES string of the molecule is O=S(=O)(Cl)c1cccc2ccccc12.O=[N+]([O-])c1ccc2cn[nH]c2c1.O=[N+]([O-])c1ccc2cnn(S(=O)(=O)c3cccc4ccccc34)c2c1. The molecular formula is C34H23ClN6O8S2. The van der Waals surface area contributed by atoms with E-state index < -0.39 is 28.9 Å². The van der Waals surface area contributed by atoms with Crippen LogP contribution in [0.1, 0.15) is 0 Å². The number of H-pyrrole nitrogens is 1. The molecule has 14 nitrogen and oxygen atoms in total. The number of nitro benzene ring substituents is 2. The zero-order valence-corrected chi connectivity index (χ0v) is 28.3. The summed E-state index contributed by atoms with van der Waals surface area (Å²) in [5, 5.41) is 36.0. The molecule has 256 valence electrons. The zero-order valence-electron chi connectivity index (χ0n) is 25.9. The number of fused-ring (bicyclic) bond motifs is 4. The van der Waals surface area contributed by atoms with Gasteiger partial charge < -0.3 is 0 Å². The second-order valence-electron chi connectivity index (χ2n) is 10.8. The molecule has 2 aromatic heterocycles. The summed E-state index contributed by atoms with van der Waals surface area (Å²) in [7, 11) is -2.36. The average molecular weight is 743 g/mol. The molecule has 0 aliphatic rings. The Kier molecular flexibility index (Phi) is 9.47. The first-order chi connectivity index (χ1) is 24.3. The van der Waals surface area contributed by atoms with E-state index in [2.05, 4.69) is 15.3 Å². The molecule has 0 aliphatic heterocycles. The fourth-order valence-corrected chi connectivity index (χ4v) is 7.83. The van der Waals surface area contributed by atoms with Gasteiger partial charge in [0.2, 0.25) is 0 Å². The van der Waals surface area contributed by atoms with Gasteiger partial charge >= 0.3 is 0 Å². The van der Waals surface area contributed by atoms with Crippen LogP contribution in [-0.2, 0) is 19.1 Å². The molecule has 0 fully saturated rings. The minimum atomic E-state index is -4.01. The van der Waals surface area contributed by atoms with E-state index in [0.717, 1.165) is 20.2 Å². The second-order valence-corrected chi connectivity index (χ2v) is 15.1. The Labute approximate surface area is 293 Å². The number of hydrogen-bond donors (Lipinski definition) is 1. The standard InChI is InChI=1S/C17H11N3O4S.C10H7ClO2S.C7H5N3O2/c21-20(22)14-9-8-13-11-18-19(16(13)10-14)25(23,24)17-7-3-5-12-4-1-2-6-15(12)17;11-14(12,13)10-7-3-5-8-4-1-2-6-9(8)10;11-10(12)6-2-1-5-4-8-9-7(5)3-6/h1-11H;1-7H;1-4H,(H,8,9). The van der Waals surface area contributed by atoms with Crippen molar-refractivity contribution in [1.82, 2.24) is 19.4 Å². The third-order valence-corrected chi connectivity index (χ3v) is 10.7. The van der Waals surface area contributed by atoms with Crippen LogP contribution in [0.25, 0.3) is 43.4 Å². The van der Waals surface area contributed by atoms with Crippen molar-refractivity contribution in [2.24, 2.45) is 0 Å². The molecule has 8 rings (SSSR count). The maximum atomic E-state index is 13.1. The van der Waals surface area contributed by atoms with Crippen molar-refractivity contribution in [2.75, 3.05) is 0 Å². The predicted octanol–water partition coefficient (Wildman–Crippen LogP) is 7.57. The molecule has 0 atom stereocenters. The van der Waals surface area contributed by atoms with Gasteiger partial charge in [-0.2, -0.15) is 22.7 Å². The largest absolute Gasteiger partial charge is 0.284 e. The van der Waals surface area contributed by atoms with E-state index >= 15 is 0 Å². The molecule has 0 radical (unpaired) electrons. The summed E-state index contributed by atoms with van der Waals surface area (Å²) in [6.07, 6.45) is 3.00. The number of benzene rings is 6. The highest BCUT2D eigenvalue weighted by Crippen LogP contribution is 2.29. The third kappa shape index (κ3) is 7.23. The van der Waals surface area contributed by atoms with Crippen molar-refractivity contribution in [3.63, 3.8) is 0 Å². The minimum absolute atomic E-state index is 0.0757. The maximum Gasteiger partial charge on any atom is 0.284 e. The van der Waals surface area contributed by atoms with Crippen LogP contribution in [0.2, 0.25) is 0 Å². The minimum Gasteiger partial charge on any atom is -0.278 e. The summed E-state index contributed by atoms with van der Waals surface area (Å²) in [6, 6.07) is 33.0. The third-order valence-electron chi connectivity index (χ3n) is 7.64. The molecule has 2 heterocycles. The lowest BCUT2D eigenvalue weighted by Crippen LogP contribution is -2.14. The lowest BCUT2D eigenvalue weighted by Gasteiger charge is -2.09. The van der Waals surface area contributed by atoms with E-state index in [0.29, 0.717) is 21.7 Å². The van der Waals surface area contributed by atoms with Crippen molar-refractivity contribution in [3.8, 4) is 0 Å². The van der Waals surface area contributed by atoms with Gasteiger partial charge in [-0.25, -0.2) is 8.42 Å². The van der Waals surface area contributed by atoms with Crippen LogP contribution in [0.4, 0.5) is 11.4 Å². The van der Waals surface area contributed by atoms with Gasteiger partial charge in [-0.15, -0.1) is 0 Å². The van der Waals surface area contributed by atoms with E-state index in [4.69, 9.17) is 10.7 Å². The molecule has 0 saturated carbocycles. The van der Waals surface area contributed by atoms with Crippen molar-refractivity contribution in [1.29, 1.82) is 0 Å². The Balaban J connectivity index is 0.000000145. The molecule has 0 amide bonds. The number of hydrogen-bond acceptors (Lipinski definition) is 10. The van der Waals surface area contributed by atoms with Crippen LogP contribution < -0.4 is 0 Å². The van der Waals surface area contributed by atoms with Crippen LogP contribution >= 0.6 is 10.7 Å². The van der Waals surface area contributed by atoms with Gasteiger partial charge in [0.1, 0.15) is 0 Å². The van der Waals surface area contributed by atoms with Crippen molar-refractivity contribution in [3.05, 3.63) is 154 Å². The molecule has 1 N–H and O–H groups in total. The predicted molar refractivity (Wildman–Crippen MR) is 193 cm³/mol.